The van der Waals surface area contributed by atoms with E-state index in [9.17, 15) is 0 Å². The number of likely N-dealkylation sites (tertiary alicyclic amines) is 2. The van der Waals surface area contributed by atoms with Crippen molar-refractivity contribution in [1.29, 1.82) is 10.8 Å². The van der Waals surface area contributed by atoms with Crippen LogP contribution in [0.15, 0.2) is 24.3 Å². The highest BCUT2D eigenvalue weighted by molar-refractivity contribution is 5.96. The molecular weight excluding hydrogens is 431 g/mol. The number of hydrogen-bond acceptors (Lipinski definition) is 3. The van der Waals surface area contributed by atoms with Crippen molar-refractivity contribution < 1.29 is 4.74 Å². The van der Waals surface area contributed by atoms with Crippen molar-refractivity contribution in [3.63, 3.8) is 0 Å². The molecule has 0 saturated carbocycles. The van der Waals surface area contributed by atoms with Crippen molar-refractivity contribution in [2.24, 2.45) is 0 Å². The summed E-state index contributed by atoms with van der Waals surface area (Å²) in [6.45, 7) is 4.99. The molecule has 0 aromatic heterocycles. The number of benzene rings is 1. The standard InChI is InChI=1S/C24H38N4O.2ClH/c25-23(27-16-6-7-17-27)11-5-3-1-2-4-10-20-29-22-14-12-21(13-15-22)24(26)28-18-8-9-19-28;;/h12-15,25-26H,1-11,16-20H2;2*1H. The Labute approximate surface area is 200 Å². The van der Waals surface area contributed by atoms with Crippen LogP contribution in [0.4, 0.5) is 0 Å². The Morgan fingerprint density at radius 2 is 1.23 bits per heavy atom. The molecule has 31 heavy (non-hydrogen) atoms. The first-order valence-electron chi connectivity index (χ1n) is 11.6. The van der Waals surface area contributed by atoms with E-state index in [-0.39, 0.29) is 24.8 Å². The SMILES string of the molecule is Cl.Cl.N=C(CCCCCCCCOc1ccc(C(=N)N2CCCC2)cc1)N1CCCC1. The molecule has 1 aromatic carbocycles. The summed E-state index contributed by atoms with van der Waals surface area (Å²) >= 11 is 0. The summed E-state index contributed by atoms with van der Waals surface area (Å²) in [5.41, 5.74) is 0.983. The minimum Gasteiger partial charge on any atom is -0.494 e. The maximum Gasteiger partial charge on any atom is 0.128 e. The molecule has 2 aliphatic rings. The monoisotopic (exact) mass is 470 g/mol. The van der Waals surface area contributed by atoms with Crippen molar-refractivity contribution in [2.75, 3.05) is 32.8 Å². The van der Waals surface area contributed by atoms with Crippen LogP contribution in [0.1, 0.15) is 76.2 Å². The van der Waals surface area contributed by atoms with Crippen molar-refractivity contribution in [2.45, 2.75) is 70.6 Å². The van der Waals surface area contributed by atoms with Crippen molar-refractivity contribution in [1.82, 2.24) is 9.80 Å². The van der Waals surface area contributed by atoms with Crippen LogP contribution < -0.4 is 4.74 Å². The van der Waals surface area contributed by atoms with E-state index >= 15 is 0 Å². The summed E-state index contributed by atoms with van der Waals surface area (Å²) < 4.78 is 5.86. The molecule has 0 radical (unpaired) electrons. The van der Waals surface area contributed by atoms with E-state index in [1.807, 2.05) is 24.3 Å². The van der Waals surface area contributed by atoms with Crippen molar-refractivity contribution in [3.8, 4) is 5.75 Å². The average molecular weight is 472 g/mol. The zero-order chi connectivity index (χ0) is 20.3. The van der Waals surface area contributed by atoms with Gasteiger partial charge in [0, 0.05) is 38.2 Å². The van der Waals surface area contributed by atoms with Crippen LogP contribution in [-0.4, -0.2) is 54.3 Å². The minimum absolute atomic E-state index is 0. The normalized spacial score (nSPS) is 15.4. The Bertz CT molecular complexity index is 641. The summed E-state index contributed by atoms with van der Waals surface area (Å²) in [7, 11) is 0. The molecule has 0 unspecified atom stereocenters. The Kier molecular flexibility index (Phi) is 13.7. The lowest BCUT2D eigenvalue weighted by Gasteiger charge is -2.18. The zero-order valence-electron chi connectivity index (χ0n) is 18.7. The van der Waals surface area contributed by atoms with E-state index in [1.165, 1.54) is 51.4 Å². The first-order chi connectivity index (χ1) is 14.2. The number of unbranched alkanes of at least 4 members (excludes halogenated alkanes) is 5. The Morgan fingerprint density at radius 3 is 1.84 bits per heavy atom. The second-order valence-corrected chi connectivity index (χ2v) is 8.43. The highest BCUT2D eigenvalue weighted by Crippen LogP contribution is 2.17. The van der Waals surface area contributed by atoms with Gasteiger partial charge in [-0.25, -0.2) is 0 Å². The Morgan fingerprint density at radius 1 is 0.710 bits per heavy atom. The third-order valence-electron chi connectivity index (χ3n) is 6.11. The van der Waals surface area contributed by atoms with Crippen LogP contribution in [-0.2, 0) is 0 Å². The molecule has 2 aliphatic heterocycles. The largest absolute Gasteiger partial charge is 0.494 e. The third-order valence-corrected chi connectivity index (χ3v) is 6.11. The molecule has 5 nitrogen and oxygen atoms in total. The predicted octanol–water partition coefficient (Wildman–Crippen LogP) is 6.13. The molecule has 2 fully saturated rings. The number of rotatable bonds is 11. The molecule has 0 aliphatic carbocycles. The van der Waals surface area contributed by atoms with E-state index in [0.717, 1.165) is 69.2 Å². The highest BCUT2D eigenvalue weighted by Gasteiger charge is 2.16. The highest BCUT2D eigenvalue weighted by atomic mass is 35.5. The summed E-state index contributed by atoms with van der Waals surface area (Å²) in [6, 6.07) is 8.01. The fraction of sp³-hybridized carbons (Fsp3) is 0.667. The number of nitrogens with one attached hydrogen (secondary N) is 2. The van der Waals surface area contributed by atoms with E-state index < -0.39 is 0 Å². The molecule has 3 rings (SSSR count). The van der Waals surface area contributed by atoms with Gasteiger partial charge >= 0.3 is 0 Å². The first kappa shape index (κ1) is 27.6. The zero-order valence-corrected chi connectivity index (χ0v) is 20.4. The number of hydrogen-bond donors (Lipinski definition) is 2. The van der Waals surface area contributed by atoms with Gasteiger partial charge in [0.1, 0.15) is 11.6 Å². The molecule has 2 heterocycles. The maximum atomic E-state index is 8.30. The number of halogens is 2. The molecule has 176 valence electrons. The van der Waals surface area contributed by atoms with Crippen LogP contribution in [0.5, 0.6) is 5.75 Å². The van der Waals surface area contributed by atoms with Crippen LogP contribution >= 0.6 is 24.8 Å². The number of ether oxygens (including phenoxy) is 1. The lowest BCUT2D eigenvalue weighted by Crippen LogP contribution is -2.27. The predicted molar refractivity (Wildman–Crippen MR) is 135 cm³/mol. The average Bonchev–Trinajstić information content (AvgIpc) is 3.46. The van der Waals surface area contributed by atoms with E-state index in [0.29, 0.717) is 5.84 Å². The van der Waals surface area contributed by atoms with Crippen LogP contribution in [0.2, 0.25) is 0 Å². The third kappa shape index (κ3) is 9.28. The molecule has 0 spiro atoms. The van der Waals surface area contributed by atoms with Gasteiger partial charge in [-0.3, -0.25) is 10.8 Å². The smallest absolute Gasteiger partial charge is 0.128 e. The summed E-state index contributed by atoms with van der Waals surface area (Å²) in [5, 5.41) is 16.4. The van der Waals surface area contributed by atoms with Gasteiger partial charge in [0.2, 0.25) is 0 Å². The lowest BCUT2D eigenvalue weighted by molar-refractivity contribution is 0.304. The van der Waals surface area contributed by atoms with Crippen LogP contribution in [0.25, 0.3) is 0 Å². The van der Waals surface area contributed by atoms with Crippen LogP contribution in [0, 0.1) is 10.8 Å². The summed E-state index contributed by atoms with van der Waals surface area (Å²) in [4.78, 5) is 4.41. The van der Waals surface area contributed by atoms with Gasteiger partial charge in [0.15, 0.2) is 0 Å². The van der Waals surface area contributed by atoms with E-state index in [2.05, 4.69) is 9.80 Å². The molecule has 2 saturated heterocycles. The second kappa shape index (κ2) is 15.4. The maximum absolute atomic E-state index is 8.30. The van der Waals surface area contributed by atoms with Gasteiger partial charge in [-0.1, -0.05) is 25.7 Å². The molecule has 0 bridgehead atoms. The topological polar surface area (TPSA) is 63.4 Å². The Hall–Kier alpha value is -1.46. The minimum atomic E-state index is 0. The van der Waals surface area contributed by atoms with Gasteiger partial charge in [-0.15, -0.1) is 24.8 Å². The van der Waals surface area contributed by atoms with Crippen LogP contribution in [0.3, 0.4) is 0 Å². The first-order valence-corrected chi connectivity index (χ1v) is 11.6. The lowest BCUT2D eigenvalue weighted by atomic mass is 10.1. The quantitative estimate of drug-likeness (QED) is 0.232. The molecule has 7 heteroatoms. The fourth-order valence-corrected chi connectivity index (χ4v) is 4.27. The Balaban J connectivity index is 0.00000240. The van der Waals surface area contributed by atoms with E-state index in [4.69, 9.17) is 15.6 Å². The van der Waals surface area contributed by atoms with Gasteiger partial charge < -0.3 is 14.5 Å². The molecule has 2 N–H and O–H groups in total. The van der Waals surface area contributed by atoms with Crippen molar-refractivity contribution in [3.05, 3.63) is 29.8 Å². The fourth-order valence-electron chi connectivity index (χ4n) is 4.27. The van der Waals surface area contributed by atoms with Crippen molar-refractivity contribution >= 4 is 36.5 Å². The number of nitrogens with zero attached hydrogens (tertiary/aromatic N) is 2. The molecule has 0 atom stereocenters. The number of amidine groups is 2. The second-order valence-electron chi connectivity index (χ2n) is 8.43. The molecular formula is C24H40Cl2N4O. The summed E-state index contributed by atoms with van der Waals surface area (Å²) in [6.07, 6.45) is 13.1. The molecule has 1 aromatic rings. The molecule has 0 amide bonds. The van der Waals surface area contributed by atoms with Gasteiger partial charge in [-0.05, 0) is 62.8 Å². The van der Waals surface area contributed by atoms with Gasteiger partial charge in [0.05, 0.1) is 12.4 Å². The summed E-state index contributed by atoms with van der Waals surface area (Å²) in [5.74, 6) is 2.41. The van der Waals surface area contributed by atoms with Gasteiger partial charge in [-0.2, -0.15) is 0 Å². The van der Waals surface area contributed by atoms with Gasteiger partial charge in [0.25, 0.3) is 0 Å². The van der Waals surface area contributed by atoms with E-state index in [1.54, 1.807) is 0 Å².